The van der Waals surface area contributed by atoms with Gasteiger partial charge in [-0.1, -0.05) is 39.0 Å². The molecule has 1 fully saturated rings. The SMILES string of the molecule is COC(=O)C(C)CN(C(=O)c1ccc(F)c(F)c1F)C1CCCCCCC1. The molecule has 150 valence electrons. The average Bonchev–Trinajstić information content (AvgIpc) is 2.63. The fourth-order valence-electron chi connectivity index (χ4n) is 3.56. The zero-order valence-corrected chi connectivity index (χ0v) is 15.8. The molecule has 1 aromatic rings. The van der Waals surface area contributed by atoms with Crippen LogP contribution in [0.4, 0.5) is 13.2 Å². The van der Waals surface area contributed by atoms with Crippen molar-refractivity contribution in [1.29, 1.82) is 0 Å². The lowest BCUT2D eigenvalue weighted by molar-refractivity contribution is -0.145. The predicted octanol–water partition coefficient (Wildman–Crippen LogP) is 4.47. The van der Waals surface area contributed by atoms with Crippen LogP contribution >= 0.6 is 0 Å². The highest BCUT2D eigenvalue weighted by Crippen LogP contribution is 2.25. The van der Waals surface area contributed by atoms with Gasteiger partial charge in [-0.05, 0) is 25.0 Å². The van der Waals surface area contributed by atoms with Gasteiger partial charge in [0.2, 0.25) is 0 Å². The van der Waals surface area contributed by atoms with E-state index in [9.17, 15) is 22.8 Å². The molecule has 0 radical (unpaired) electrons. The van der Waals surface area contributed by atoms with Crippen LogP contribution in [0.15, 0.2) is 12.1 Å². The normalized spacial score (nSPS) is 16.9. The van der Waals surface area contributed by atoms with Gasteiger partial charge in [0, 0.05) is 12.6 Å². The fraction of sp³-hybridized carbons (Fsp3) is 0.600. The second-order valence-electron chi connectivity index (χ2n) is 7.10. The molecular formula is C20H26F3NO3. The van der Waals surface area contributed by atoms with Crippen LogP contribution in [0.25, 0.3) is 0 Å². The number of hydrogen-bond donors (Lipinski definition) is 0. The summed E-state index contributed by atoms with van der Waals surface area (Å²) in [6, 6.07) is 1.51. The van der Waals surface area contributed by atoms with Gasteiger partial charge in [-0.3, -0.25) is 9.59 Å². The maximum Gasteiger partial charge on any atom is 0.310 e. The largest absolute Gasteiger partial charge is 0.469 e. The van der Waals surface area contributed by atoms with Crippen LogP contribution in [0.3, 0.4) is 0 Å². The number of benzene rings is 1. The Balaban J connectivity index is 2.33. The Hall–Kier alpha value is -2.05. The Bertz CT molecular complexity index is 673. The van der Waals surface area contributed by atoms with Crippen LogP contribution in [0.2, 0.25) is 0 Å². The molecule has 0 heterocycles. The maximum atomic E-state index is 14.2. The molecule has 1 aromatic carbocycles. The molecule has 1 amide bonds. The van der Waals surface area contributed by atoms with Gasteiger partial charge in [-0.15, -0.1) is 0 Å². The summed E-state index contributed by atoms with van der Waals surface area (Å²) in [5.74, 6) is -6.33. The van der Waals surface area contributed by atoms with Crippen LogP contribution in [0, 0.1) is 23.4 Å². The van der Waals surface area contributed by atoms with Crippen molar-refractivity contribution in [1.82, 2.24) is 4.90 Å². The van der Waals surface area contributed by atoms with E-state index in [-0.39, 0.29) is 12.6 Å². The number of esters is 1. The molecule has 1 atom stereocenters. The minimum atomic E-state index is -1.67. The van der Waals surface area contributed by atoms with Crippen molar-refractivity contribution in [3.05, 3.63) is 35.1 Å². The zero-order valence-electron chi connectivity index (χ0n) is 15.8. The van der Waals surface area contributed by atoms with Gasteiger partial charge in [0.25, 0.3) is 5.91 Å². The number of methoxy groups -OCH3 is 1. The summed E-state index contributed by atoms with van der Waals surface area (Å²) >= 11 is 0. The van der Waals surface area contributed by atoms with Crippen molar-refractivity contribution in [3.8, 4) is 0 Å². The third-order valence-electron chi connectivity index (χ3n) is 5.12. The summed E-state index contributed by atoms with van der Waals surface area (Å²) in [6.45, 7) is 1.66. The summed E-state index contributed by atoms with van der Waals surface area (Å²) in [6.07, 6.45) is 6.52. The summed E-state index contributed by atoms with van der Waals surface area (Å²) in [7, 11) is 1.26. The van der Waals surface area contributed by atoms with Crippen LogP contribution in [0.5, 0.6) is 0 Å². The van der Waals surface area contributed by atoms with Gasteiger partial charge >= 0.3 is 5.97 Å². The first-order chi connectivity index (χ1) is 12.9. The number of hydrogen-bond acceptors (Lipinski definition) is 3. The number of halogens is 3. The van der Waals surface area contributed by atoms with Gasteiger partial charge in [-0.25, -0.2) is 13.2 Å². The molecule has 1 saturated carbocycles. The fourth-order valence-corrected chi connectivity index (χ4v) is 3.56. The van der Waals surface area contributed by atoms with E-state index in [2.05, 4.69) is 0 Å². The summed E-state index contributed by atoms with van der Waals surface area (Å²) in [4.78, 5) is 26.3. The minimum absolute atomic E-state index is 0.0363. The molecule has 0 aromatic heterocycles. The standard InChI is InChI=1S/C20H26F3NO3/c1-13(20(26)27-2)12-24(14-8-6-4-3-5-7-9-14)19(25)15-10-11-16(21)18(23)17(15)22/h10-11,13-14H,3-9,12H2,1-2H3. The van der Waals surface area contributed by atoms with Crippen molar-refractivity contribution < 1.29 is 27.5 Å². The van der Waals surface area contributed by atoms with Crippen LogP contribution in [0.1, 0.15) is 62.2 Å². The molecule has 0 N–H and O–H groups in total. The Morgan fingerprint density at radius 1 is 1.07 bits per heavy atom. The van der Waals surface area contributed by atoms with Crippen LogP contribution < -0.4 is 0 Å². The maximum absolute atomic E-state index is 14.2. The number of carbonyl (C=O) groups excluding carboxylic acids is 2. The Morgan fingerprint density at radius 2 is 1.67 bits per heavy atom. The van der Waals surface area contributed by atoms with Crippen LogP contribution in [-0.4, -0.2) is 36.5 Å². The predicted molar refractivity (Wildman–Crippen MR) is 94.6 cm³/mol. The molecule has 0 spiro atoms. The highest BCUT2D eigenvalue weighted by molar-refractivity contribution is 5.95. The van der Waals surface area contributed by atoms with Crippen molar-refractivity contribution >= 4 is 11.9 Å². The number of nitrogens with zero attached hydrogens (tertiary/aromatic N) is 1. The monoisotopic (exact) mass is 385 g/mol. The second kappa shape index (κ2) is 9.76. The number of amides is 1. The Kier molecular flexibility index (Phi) is 7.68. The van der Waals surface area contributed by atoms with E-state index in [1.54, 1.807) is 6.92 Å². The molecule has 0 bridgehead atoms. The van der Waals surface area contributed by atoms with E-state index in [4.69, 9.17) is 4.74 Å². The molecule has 1 aliphatic carbocycles. The lowest BCUT2D eigenvalue weighted by Crippen LogP contribution is -2.45. The highest BCUT2D eigenvalue weighted by Gasteiger charge is 2.31. The third kappa shape index (κ3) is 5.23. The first-order valence-corrected chi connectivity index (χ1v) is 9.39. The third-order valence-corrected chi connectivity index (χ3v) is 5.12. The summed E-state index contributed by atoms with van der Waals surface area (Å²) in [5.41, 5.74) is -0.520. The van der Waals surface area contributed by atoms with E-state index < -0.39 is 40.8 Å². The molecular weight excluding hydrogens is 359 g/mol. The first kappa shape index (κ1) is 21.3. The van der Waals surface area contributed by atoms with E-state index in [0.29, 0.717) is 0 Å². The molecule has 0 saturated heterocycles. The van der Waals surface area contributed by atoms with Crippen molar-refractivity contribution in [3.63, 3.8) is 0 Å². The molecule has 27 heavy (non-hydrogen) atoms. The number of carbonyl (C=O) groups is 2. The van der Waals surface area contributed by atoms with Gasteiger partial charge < -0.3 is 9.64 Å². The van der Waals surface area contributed by atoms with E-state index in [1.165, 1.54) is 12.0 Å². The first-order valence-electron chi connectivity index (χ1n) is 9.39. The summed E-state index contributed by atoms with van der Waals surface area (Å²) < 4.78 is 45.8. The second-order valence-corrected chi connectivity index (χ2v) is 7.10. The molecule has 7 heteroatoms. The topological polar surface area (TPSA) is 46.6 Å². The van der Waals surface area contributed by atoms with Gasteiger partial charge in [0.1, 0.15) is 0 Å². The number of rotatable bonds is 5. The number of ether oxygens (including phenoxy) is 1. The zero-order chi connectivity index (χ0) is 20.0. The molecule has 2 rings (SSSR count). The quantitative estimate of drug-likeness (QED) is 0.555. The lowest BCUT2D eigenvalue weighted by Gasteiger charge is -2.34. The minimum Gasteiger partial charge on any atom is -0.469 e. The lowest BCUT2D eigenvalue weighted by atomic mass is 9.94. The van der Waals surface area contributed by atoms with E-state index in [0.717, 1.165) is 57.1 Å². The van der Waals surface area contributed by atoms with Gasteiger partial charge in [0.05, 0.1) is 18.6 Å². The summed E-state index contributed by atoms with van der Waals surface area (Å²) in [5, 5.41) is 0. The smallest absolute Gasteiger partial charge is 0.310 e. The molecule has 0 aliphatic heterocycles. The Morgan fingerprint density at radius 3 is 2.26 bits per heavy atom. The average molecular weight is 385 g/mol. The van der Waals surface area contributed by atoms with Crippen molar-refractivity contribution in [2.24, 2.45) is 5.92 Å². The highest BCUT2D eigenvalue weighted by atomic mass is 19.2. The van der Waals surface area contributed by atoms with Crippen molar-refractivity contribution in [2.75, 3.05) is 13.7 Å². The molecule has 1 unspecified atom stereocenters. The van der Waals surface area contributed by atoms with E-state index in [1.807, 2.05) is 0 Å². The van der Waals surface area contributed by atoms with Gasteiger partial charge in [0.15, 0.2) is 17.5 Å². The van der Waals surface area contributed by atoms with Gasteiger partial charge in [-0.2, -0.15) is 0 Å². The van der Waals surface area contributed by atoms with Crippen LogP contribution in [-0.2, 0) is 9.53 Å². The molecule has 1 aliphatic rings. The van der Waals surface area contributed by atoms with Crippen molar-refractivity contribution in [2.45, 2.75) is 57.9 Å². The molecule has 4 nitrogen and oxygen atoms in total. The van der Waals surface area contributed by atoms with E-state index >= 15 is 0 Å². The Labute approximate surface area is 157 Å².